The topological polar surface area (TPSA) is 29.1 Å². The number of nitrogens with one attached hydrogen (secondary N) is 1. The van der Waals surface area contributed by atoms with Crippen LogP contribution in [0.1, 0.15) is 12.8 Å². The predicted molar refractivity (Wildman–Crippen MR) is 46.3 cm³/mol. The van der Waals surface area contributed by atoms with Gasteiger partial charge in [0.2, 0.25) is 5.91 Å². The Balaban J connectivity index is 3.03. The zero-order valence-electron chi connectivity index (χ0n) is 5.97. The normalized spacial score (nSPS) is 8.90. The van der Waals surface area contributed by atoms with Gasteiger partial charge in [-0.2, -0.15) is 12.6 Å². The van der Waals surface area contributed by atoms with E-state index in [1.807, 2.05) is 6.08 Å². The number of unbranched alkanes of at least 4 members (excludes halogenated alkanes) is 1. The molecule has 1 N–H and O–H groups in total. The van der Waals surface area contributed by atoms with Crippen molar-refractivity contribution in [2.24, 2.45) is 0 Å². The molecule has 0 spiro atoms. The van der Waals surface area contributed by atoms with Gasteiger partial charge in [0.25, 0.3) is 0 Å². The predicted octanol–water partition coefficient (Wildman–Crippen LogP) is 0.999. The van der Waals surface area contributed by atoms with Crippen LogP contribution in [0, 0.1) is 0 Å². The fourth-order valence-corrected chi connectivity index (χ4v) is 0.642. The zero-order valence-corrected chi connectivity index (χ0v) is 6.86. The molecule has 1 amide bonds. The second-order valence-electron chi connectivity index (χ2n) is 1.94. The van der Waals surface area contributed by atoms with Crippen molar-refractivity contribution >= 4 is 18.5 Å². The van der Waals surface area contributed by atoms with E-state index in [0.717, 1.165) is 19.4 Å². The van der Waals surface area contributed by atoms with Crippen molar-refractivity contribution in [2.75, 3.05) is 12.3 Å². The van der Waals surface area contributed by atoms with Gasteiger partial charge in [-0.3, -0.25) is 4.79 Å². The maximum Gasteiger partial charge on any atom is 0.229 e. The Hall–Kier alpha value is -0.440. The van der Waals surface area contributed by atoms with Gasteiger partial charge < -0.3 is 5.32 Å². The van der Waals surface area contributed by atoms with E-state index in [1.165, 1.54) is 0 Å². The highest BCUT2D eigenvalue weighted by Gasteiger charge is 1.93. The summed E-state index contributed by atoms with van der Waals surface area (Å²) >= 11 is 3.81. The smallest absolute Gasteiger partial charge is 0.229 e. The fraction of sp³-hybridized carbons (Fsp3) is 0.571. The molecule has 0 radical (unpaired) electrons. The van der Waals surface area contributed by atoms with E-state index in [9.17, 15) is 4.79 Å². The van der Waals surface area contributed by atoms with E-state index in [-0.39, 0.29) is 11.7 Å². The van der Waals surface area contributed by atoms with Crippen LogP contribution in [0.5, 0.6) is 0 Å². The first kappa shape index (κ1) is 9.56. The molecule has 0 aromatic carbocycles. The number of thiol groups is 1. The van der Waals surface area contributed by atoms with Crippen molar-refractivity contribution in [1.82, 2.24) is 5.32 Å². The highest BCUT2D eigenvalue weighted by atomic mass is 32.1. The number of hydrogen-bond donors (Lipinski definition) is 2. The van der Waals surface area contributed by atoms with Crippen molar-refractivity contribution in [3.05, 3.63) is 12.7 Å². The van der Waals surface area contributed by atoms with Crippen LogP contribution in [-0.2, 0) is 4.79 Å². The summed E-state index contributed by atoms with van der Waals surface area (Å²) in [6, 6.07) is 0. The molecule has 0 fully saturated rings. The standard InChI is InChI=1S/C7H13NOS/c1-2-3-4-5-8-7(9)6-10/h2,10H,1,3-6H2,(H,8,9). The van der Waals surface area contributed by atoms with Gasteiger partial charge in [0.15, 0.2) is 0 Å². The van der Waals surface area contributed by atoms with E-state index in [4.69, 9.17) is 0 Å². The molecular weight excluding hydrogens is 146 g/mol. The van der Waals surface area contributed by atoms with E-state index in [0.29, 0.717) is 0 Å². The Morgan fingerprint density at radius 3 is 2.90 bits per heavy atom. The SMILES string of the molecule is C=CCCCNC(=O)CS. The maximum atomic E-state index is 10.6. The zero-order chi connectivity index (χ0) is 7.82. The first-order valence-electron chi connectivity index (χ1n) is 3.29. The molecule has 0 aliphatic heterocycles. The van der Waals surface area contributed by atoms with Gasteiger partial charge in [0.05, 0.1) is 5.75 Å². The molecule has 0 saturated carbocycles. The molecule has 0 aliphatic rings. The molecule has 10 heavy (non-hydrogen) atoms. The third kappa shape index (κ3) is 5.69. The number of rotatable bonds is 5. The van der Waals surface area contributed by atoms with Gasteiger partial charge in [-0.15, -0.1) is 6.58 Å². The first-order chi connectivity index (χ1) is 4.81. The quantitative estimate of drug-likeness (QED) is 0.350. The average molecular weight is 159 g/mol. The Bertz CT molecular complexity index is 114. The highest BCUT2D eigenvalue weighted by Crippen LogP contribution is 1.85. The average Bonchev–Trinajstić information content (AvgIpc) is 1.98. The summed E-state index contributed by atoms with van der Waals surface area (Å²) in [6.45, 7) is 4.30. The summed E-state index contributed by atoms with van der Waals surface area (Å²) in [6.07, 6.45) is 3.75. The number of amides is 1. The summed E-state index contributed by atoms with van der Waals surface area (Å²) in [5, 5.41) is 2.70. The second-order valence-corrected chi connectivity index (χ2v) is 2.26. The lowest BCUT2D eigenvalue weighted by atomic mass is 10.3. The van der Waals surface area contributed by atoms with Crippen LogP contribution in [0.3, 0.4) is 0 Å². The summed E-state index contributed by atoms with van der Waals surface area (Å²) in [5.41, 5.74) is 0. The Kier molecular flexibility index (Phi) is 6.38. The van der Waals surface area contributed by atoms with Gasteiger partial charge >= 0.3 is 0 Å². The van der Waals surface area contributed by atoms with Gasteiger partial charge in [-0.05, 0) is 12.8 Å². The number of carbonyl (C=O) groups is 1. The largest absolute Gasteiger partial charge is 0.355 e. The first-order valence-corrected chi connectivity index (χ1v) is 3.93. The van der Waals surface area contributed by atoms with E-state index < -0.39 is 0 Å². The molecule has 0 saturated heterocycles. The minimum atomic E-state index is -0.00704. The van der Waals surface area contributed by atoms with Crippen LogP contribution in [0.4, 0.5) is 0 Å². The lowest BCUT2D eigenvalue weighted by Gasteiger charge is -1.99. The molecular formula is C7H13NOS. The second kappa shape index (κ2) is 6.68. The minimum absolute atomic E-state index is 0.00704. The van der Waals surface area contributed by atoms with Crippen LogP contribution in [0.25, 0.3) is 0 Å². The Labute approximate surface area is 67.1 Å². The number of hydrogen-bond acceptors (Lipinski definition) is 2. The van der Waals surface area contributed by atoms with Gasteiger partial charge in [-0.25, -0.2) is 0 Å². The maximum absolute atomic E-state index is 10.6. The lowest BCUT2D eigenvalue weighted by Crippen LogP contribution is -2.25. The molecule has 0 aliphatic carbocycles. The monoisotopic (exact) mass is 159 g/mol. The molecule has 2 nitrogen and oxygen atoms in total. The van der Waals surface area contributed by atoms with Crippen molar-refractivity contribution in [3.63, 3.8) is 0 Å². The Morgan fingerprint density at radius 2 is 2.40 bits per heavy atom. The van der Waals surface area contributed by atoms with Gasteiger partial charge in [-0.1, -0.05) is 6.08 Å². The number of carbonyl (C=O) groups excluding carboxylic acids is 1. The molecule has 0 aromatic heterocycles. The summed E-state index contributed by atoms with van der Waals surface area (Å²) < 4.78 is 0. The van der Waals surface area contributed by atoms with Crippen LogP contribution < -0.4 is 5.32 Å². The van der Waals surface area contributed by atoms with Crippen molar-refractivity contribution in [2.45, 2.75) is 12.8 Å². The molecule has 3 heteroatoms. The summed E-state index contributed by atoms with van der Waals surface area (Å²) in [4.78, 5) is 10.6. The minimum Gasteiger partial charge on any atom is -0.355 e. The van der Waals surface area contributed by atoms with Crippen LogP contribution in [0.15, 0.2) is 12.7 Å². The number of allylic oxidation sites excluding steroid dienone is 1. The molecule has 0 unspecified atom stereocenters. The molecule has 58 valence electrons. The van der Waals surface area contributed by atoms with Crippen LogP contribution >= 0.6 is 12.6 Å². The summed E-state index contributed by atoms with van der Waals surface area (Å²) in [7, 11) is 0. The van der Waals surface area contributed by atoms with Crippen LogP contribution in [-0.4, -0.2) is 18.2 Å². The third-order valence-corrected chi connectivity index (χ3v) is 1.34. The van der Waals surface area contributed by atoms with Crippen LogP contribution in [0.2, 0.25) is 0 Å². The van der Waals surface area contributed by atoms with E-state index in [1.54, 1.807) is 0 Å². The lowest BCUT2D eigenvalue weighted by molar-refractivity contribution is -0.118. The highest BCUT2D eigenvalue weighted by molar-refractivity contribution is 7.81. The van der Waals surface area contributed by atoms with E-state index in [2.05, 4.69) is 24.5 Å². The van der Waals surface area contributed by atoms with E-state index >= 15 is 0 Å². The third-order valence-electron chi connectivity index (χ3n) is 1.05. The van der Waals surface area contributed by atoms with Crippen molar-refractivity contribution in [3.8, 4) is 0 Å². The van der Waals surface area contributed by atoms with Crippen molar-refractivity contribution in [1.29, 1.82) is 0 Å². The Morgan fingerprint density at radius 1 is 1.70 bits per heavy atom. The van der Waals surface area contributed by atoms with Crippen molar-refractivity contribution < 1.29 is 4.79 Å². The van der Waals surface area contributed by atoms with Gasteiger partial charge in [0, 0.05) is 6.54 Å². The van der Waals surface area contributed by atoms with Gasteiger partial charge in [0.1, 0.15) is 0 Å². The molecule has 0 bridgehead atoms. The molecule has 0 atom stereocenters. The molecule has 0 heterocycles. The fourth-order valence-electron chi connectivity index (χ4n) is 0.530. The summed E-state index contributed by atoms with van der Waals surface area (Å²) in [5.74, 6) is 0.265. The molecule has 0 aromatic rings. The molecule has 0 rings (SSSR count).